The van der Waals surface area contributed by atoms with Crippen molar-refractivity contribution in [2.45, 2.75) is 32.1 Å². The molecule has 0 aromatic rings. The summed E-state index contributed by atoms with van der Waals surface area (Å²) in [4.78, 5) is 36.4. The highest BCUT2D eigenvalue weighted by molar-refractivity contribution is 5.86. The molecule has 2 aliphatic rings. The second kappa shape index (κ2) is 6.91. The van der Waals surface area contributed by atoms with Crippen LogP contribution in [0.5, 0.6) is 0 Å². The van der Waals surface area contributed by atoms with Crippen LogP contribution in [0.1, 0.15) is 32.1 Å². The van der Waals surface area contributed by atoms with Gasteiger partial charge in [-0.2, -0.15) is 0 Å². The third-order valence-corrected chi connectivity index (χ3v) is 4.77. The summed E-state index contributed by atoms with van der Waals surface area (Å²) in [5, 5.41) is 0. The Kier molecular flexibility index (Phi) is 5.20. The van der Waals surface area contributed by atoms with Crippen molar-refractivity contribution in [1.29, 1.82) is 0 Å². The van der Waals surface area contributed by atoms with Gasteiger partial charge in [0.25, 0.3) is 0 Å². The number of ether oxygens (including phenoxy) is 2. The normalized spacial score (nSPS) is 26.5. The number of rotatable bonds is 6. The van der Waals surface area contributed by atoms with Crippen LogP contribution in [-0.4, -0.2) is 50.1 Å². The molecular formula is C15H23NO5. The van der Waals surface area contributed by atoms with Crippen LogP contribution in [0.3, 0.4) is 0 Å². The first-order valence-corrected chi connectivity index (χ1v) is 7.44. The Morgan fingerprint density at radius 2 is 1.62 bits per heavy atom. The van der Waals surface area contributed by atoms with Gasteiger partial charge in [-0.3, -0.25) is 14.4 Å². The third-order valence-electron chi connectivity index (χ3n) is 4.77. The molecule has 118 valence electrons. The number of methoxy groups -OCH3 is 2. The molecule has 1 amide bonds. The fraction of sp³-hybridized carbons (Fsp3) is 0.800. The van der Waals surface area contributed by atoms with E-state index >= 15 is 0 Å². The Morgan fingerprint density at radius 3 is 2.05 bits per heavy atom. The molecule has 0 aromatic heterocycles. The van der Waals surface area contributed by atoms with Gasteiger partial charge >= 0.3 is 11.9 Å². The lowest BCUT2D eigenvalue weighted by atomic mass is 9.86. The zero-order chi connectivity index (χ0) is 15.4. The lowest BCUT2D eigenvalue weighted by molar-refractivity contribution is -0.152. The molecule has 3 atom stereocenters. The molecule has 2 bridgehead atoms. The van der Waals surface area contributed by atoms with Gasteiger partial charge in [0.2, 0.25) is 5.91 Å². The first-order valence-electron chi connectivity index (χ1n) is 7.44. The highest BCUT2D eigenvalue weighted by Gasteiger charge is 2.40. The summed E-state index contributed by atoms with van der Waals surface area (Å²) in [5.74, 6) is 0.581. The fourth-order valence-electron chi connectivity index (χ4n) is 3.65. The van der Waals surface area contributed by atoms with Crippen molar-refractivity contribution in [2.75, 3.05) is 27.3 Å². The summed E-state index contributed by atoms with van der Waals surface area (Å²) in [7, 11) is 2.53. The van der Waals surface area contributed by atoms with Crippen molar-refractivity contribution in [2.24, 2.45) is 17.8 Å². The van der Waals surface area contributed by atoms with Crippen LogP contribution in [0, 0.1) is 17.8 Å². The second-order valence-electron chi connectivity index (χ2n) is 6.04. The average Bonchev–Trinajstić information content (AvgIpc) is 3.08. The van der Waals surface area contributed by atoms with Gasteiger partial charge in [0.05, 0.1) is 14.2 Å². The van der Waals surface area contributed by atoms with Gasteiger partial charge in [-0.15, -0.1) is 0 Å². The topological polar surface area (TPSA) is 72.9 Å². The zero-order valence-corrected chi connectivity index (χ0v) is 12.7. The third kappa shape index (κ3) is 3.95. The van der Waals surface area contributed by atoms with Gasteiger partial charge in [0, 0.05) is 6.42 Å². The van der Waals surface area contributed by atoms with E-state index in [1.54, 1.807) is 0 Å². The van der Waals surface area contributed by atoms with Gasteiger partial charge in [0.1, 0.15) is 13.1 Å². The molecule has 2 saturated carbocycles. The maximum atomic E-state index is 12.4. The smallest absolute Gasteiger partial charge is 0.325 e. The van der Waals surface area contributed by atoms with Crippen molar-refractivity contribution in [3.8, 4) is 0 Å². The maximum absolute atomic E-state index is 12.4. The quantitative estimate of drug-likeness (QED) is 0.684. The molecule has 21 heavy (non-hydrogen) atoms. The van der Waals surface area contributed by atoms with E-state index in [4.69, 9.17) is 0 Å². The number of amides is 1. The monoisotopic (exact) mass is 297 g/mol. The van der Waals surface area contributed by atoms with Crippen molar-refractivity contribution in [1.82, 2.24) is 4.90 Å². The minimum Gasteiger partial charge on any atom is -0.468 e. The SMILES string of the molecule is COC(=O)CN(CC(=O)OC)C(=O)CC1CC2CCC1C2. The minimum atomic E-state index is -0.528. The number of carbonyl (C=O) groups is 3. The van der Waals surface area contributed by atoms with E-state index in [1.165, 1.54) is 38.4 Å². The minimum absolute atomic E-state index is 0.164. The lowest BCUT2D eigenvalue weighted by Crippen LogP contribution is -2.41. The van der Waals surface area contributed by atoms with Gasteiger partial charge in [-0.1, -0.05) is 6.42 Å². The first-order chi connectivity index (χ1) is 10.0. The number of esters is 2. The summed E-state index contributed by atoms with van der Waals surface area (Å²) in [6.45, 7) is -0.406. The zero-order valence-electron chi connectivity index (χ0n) is 12.7. The average molecular weight is 297 g/mol. The van der Waals surface area contributed by atoms with Crippen LogP contribution in [0.4, 0.5) is 0 Å². The van der Waals surface area contributed by atoms with Gasteiger partial charge in [-0.05, 0) is 37.0 Å². The Morgan fingerprint density at radius 1 is 1.00 bits per heavy atom. The van der Waals surface area contributed by atoms with Crippen molar-refractivity contribution >= 4 is 17.8 Å². The molecule has 2 aliphatic carbocycles. The molecule has 6 heteroatoms. The molecule has 0 N–H and O–H groups in total. The molecule has 2 fully saturated rings. The lowest BCUT2D eigenvalue weighted by Gasteiger charge is -2.25. The van der Waals surface area contributed by atoms with Crippen molar-refractivity contribution in [3.63, 3.8) is 0 Å². The van der Waals surface area contributed by atoms with Gasteiger partial charge in [0.15, 0.2) is 0 Å². The molecule has 0 spiro atoms. The van der Waals surface area contributed by atoms with Gasteiger partial charge < -0.3 is 14.4 Å². The predicted molar refractivity (Wildman–Crippen MR) is 74.2 cm³/mol. The van der Waals surface area contributed by atoms with Crippen molar-refractivity contribution < 1.29 is 23.9 Å². The van der Waals surface area contributed by atoms with E-state index in [-0.39, 0.29) is 19.0 Å². The molecule has 0 aromatic carbocycles. The number of nitrogens with zero attached hydrogens (tertiary/aromatic N) is 1. The fourth-order valence-corrected chi connectivity index (χ4v) is 3.65. The van der Waals surface area contributed by atoms with Crippen LogP contribution >= 0.6 is 0 Å². The number of fused-ring (bicyclic) bond motifs is 2. The van der Waals surface area contributed by atoms with Gasteiger partial charge in [-0.25, -0.2) is 0 Å². The second-order valence-corrected chi connectivity index (χ2v) is 6.04. The molecular weight excluding hydrogens is 274 g/mol. The highest BCUT2D eigenvalue weighted by atomic mass is 16.5. The van der Waals surface area contributed by atoms with Crippen LogP contribution in [0.2, 0.25) is 0 Å². The van der Waals surface area contributed by atoms with E-state index in [1.807, 2.05) is 0 Å². The van der Waals surface area contributed by atoms with Crippen LogP contribution < -0.4 is 0 Å². The summed E-state index contributed by atoms with van der Waals surface area (Å²) < 4.78 is 9.16. The Labute approximate surface area is 124 Å². The van der Waals surface area contributed by atoms with E-state index in [9.17, 15) is 14.4 Å². The molecule has 0 heterocycles. The highest BCUT2D eigenvalue weighted by Crippen LogP contribution is 2.49. The van der Waals surface area contributed by atoms with E-state index in [2.05, 4.69) is 9.47 Å². The van der Waals surface area contributed by atoms with E-state index < -0.39 is 11.9 Å². The van der Waals surface area contributed by atoms with Crippen LogP contribution in [0.25, 0.3) is 0 Å². The van der Waals surface area contributed by atoms with E-state index in [0.717, 1.165) is 12.3 Å². The maximum Gasteiger partial charge on any atom is 0.325 e. The molecule has 6 nitrogen and oxygen atoms in total. The molecule has 2 rings (SSSR count). The largest absolute Gasteiger partial charge is 0.468 e. The van der Waals surface area contributed by atoms with Crippen LogP contribution in [0.15, 0.2) is 0 Å². The number of hydrogen-bond donors (Lipinski definition) is 0. The number of carbonyl (C=O) groups excluding carboxylic acids is 3. The molecule has 0 radical (unpaired) electrons. The van der Waals surface area contributed by atoms with Crippen LogP contribution in [-0.2, 0) is 23.9 Å². The Hall–Kier alpha value is -1.59. The standard InChI is InChI=1S/C15H23NO5/c1-20-14(18)8-16(9-15(19)21-2)13(17)7-12-6-10-3-4-11(12)5-10/h10-12H,3-9H2,1-2H3. The summed E-state index contributed by atoms with van der Waals surface area (Å²) in [5.41, 5.74) is 0. The first kappa shape index (κ1) is 15.8. The molecule has 0 saturated heterocycles. The summed E-state index contributed by atoms with van der Waals surface area (Å²) in [6, 6.07) is 0. The summed E-state index contributed by atoms with van der Waals surface area (Å²) >= 11 is 0. The predicted octanol–water partition coefficient (Wildman–Crippen LogP) is 0.987. The molecule has 3 unspecified atom stereocenters. The molecule has 0 aliphatic heterocycles. The van der Waals surface area contributed by atoms with Crippen molar-refractivity contribution in [3.05, 3.63) is 0 Å². The van der Waals surface area contributed by atoms with E-state index in [0.29, 0.717) is 18.3 Å². The summed E-state index contributed by atoms with van der Waals surface area (Å²) in [6.07, 6.45) is 5.22. The Bertz CT molecular complexity index is 404. The number of hydrogen-bond acceptors (Lipinski definition) is 5. The Balaban J connectivity index is 1.92.